The normalized spacial score (nSPS) is 10.7. The fourth-order valence-electron chi connectivity index (χ4n) is 2.26. The minimum absolute atomic E-state index is 0.0165. The van der Waals surface area contributed by atoms with E-state index in [2.05, 4.69) is 10.1 Å². The van der Waals surface area contributed by atoms with Gasteiger partial charge in [0.25, 0.3) is 0 Å². The molecule has 8 heteroatoms. The van der Waals surface area contributed by atoms with Crippen LogP contribution in [0.3, 0.4) is 0 Å². The van der Waals surface area contributed by atoms with Gasteiger partial charge in [0, 0.05) is 13.6 Å². The second-order valence-electron chi connectivity index (χ2n) is 5.59. The number of hydrogen-bond acceptors (Lipinski definition) is 4. The lowest BCUT2D eigenvalue weighted by Gasteiger charge is -2.17. The lowest BCUT2D eigenvalue weighted by Crippen LogP contribution is -2.27. The molecule has 0 aliphatic carbocycles. The molecule has 1 heterocycles. The Kier molecular flexibility index (Phi) is 6.19. The number of para-hydroxylation sites is 1. The molecule has 0 saturated carbocycles. The zero-order chi connectivity index (χ0) is 18.5. The smallest absolute Gasteiger partial charge is 0.233 e. The second-order valence-corrected chi connectivity index (χ2v) is 7.35. The van der Waals surface area contributed by atoms with E-state index in [-0.39, 0.29) is 11.7 Å². The molecule has 1 amide bonds. The predicted octanol–water partition coefficient (Wildman–Crippen LogP) is 4.32. The molecular weight excluding hydrogens is 391 g/mol. The topological polar surface area (TPSA) is 51.0 Å². The van der Waals surface area contributed by atoms with Gasteiger partial charge in [-0.2, -0.15) is 0 Å². The highest BCUT2D eigenvalue weighted by Gasteiger charge is 2.13. The molecule has 0 spiro atoms. The summed E-state index contributed by atoms with van der Waals surface area (Å²) >= 11 is 13.2. The van der Waals surface area contributed by atoms with E-state index >= 15 is 0 Å². The standard InChI is InChI=1S/C18H16Cl2N4OS/c1-23(10-13-7-8-15(19)16(20)9-13)17(25)11-26-18-21-12-24(22-18)14-5-3-2-4-6-14/h2-9,12H,10-11H2,1H3. The maximum absolute atomic E-state index is 12.3. The van der Waals surface area contributed by atoms with E-state index in [1.54, 1.807) is 35.1 Å². The van der Waals surface area contributed by atoms with E-state index in [4.69, 9.17) is 23.2 Å². The zero-order valence-corrected chi connectivity index (χ0v) is 16.3. The van der Waals surface area contributed by atoms with Crippen LogP contribution in [0.1, 0.15) is 5.56 Å². The molecule has 0 unspecified atom stereocenters. The van der Waals surface area contributed by atoms with Gasteiger partial charge in [-0.05, 0) is 29.8 Å². The molecule has 0 saturated heterocycles. The summed E-state index contributed by atoms with van der Waals surface area (Å²) in [7, 11) is 1.75. The van der Waals surface area contributed by atoms with Crippen LogP contribution in [0.25, 0.3) is 5.69 Å². The first-order valence-electron chi connectivity index (χ1n) is 7.80. The van der Waals surface area contributed by atoms with E-state index in [0.29, 0.717) is 21.7 Å². The van der Waals surface area contributed by atoms with E-state index in [0.717, 1.165) is 11.3 Å². The molecular formula is C18H16Cl2N4OS. The fraction of sp³-hybridized carbons (Fsp3) is 0.167. The summed E-state index contributed by atoms with van der Waals surface area (Å²) in [5.74, 6) is 0.244. The van der Waals surface area contributed by atoms with Gasteiger partial charge in [0.2, 0.25) is 11.1 Å². The Labute approximate surface area is 165 Å². The number of carbonyl (C=O) groups excluding carboxylic acids is 1. The van der Waals surface area contributed by atoms with Crippen molar-refractivity contribution in [2.45, 2.75) is 11.7 Å². The number of nitrogens with zero attached hydrogens (tertiary/aromatic N) is 4. The van der Waals surface area contributed by atoms with E-state index in [1.807, 2.05) is 36.4 Å². The average Bonchev–Trinajstić information content (AvgIpc) is 3.12. The molecule has 0 fully saturated rings. The number of hydrogen-bond donors (Lipinski definition) is 0. The number of thioether (sulfide) groups is 1. The average molecular weight is 407 g/mol. The van der Waals surface area contributed by atoms with Crippen LogP contribution in [0.15, 0.2) is 60.0 Å². The number of carbonyl (C=O) groups is 1. The van der Waals surface area contributed by atoms with E-state index in [9.17, 15) is 4.79 Å². The van der Waals surface area contributed by atoms with Crippen LogP contribution >= 0.6 is 35.0 Å². The quantitative estimate of drug-likeness (QED) is 0.571. The van der Waals surface area contributed by atoms with Crippen molar-refractivity contribution in [2.75, 3.05) is 12.8 Å². The van der Waals surface area contributed by atoms with Crippen molar-refractivity contribution in [3.63, 3.8) is 0 Å². The first-order valence-corrected chi connectivity index (χ1v) is 9.55. The summed E-state index contributed by atoms with van der Waals surface area (Å²) in [6, 6.07) is 15.1. The summed E-state index contributed by atoms with van der Waals surface area (Å²) < 4.78 is 1.69. The van der Waals surface area contributed by atoms with Crippen molar-refractivity contribution in [3.8, 4) is 5.69 Å². The Bertz CT molecular complexity index is 901. The Morgan fingerprint density at radius 1 is 1.15 bits per heavy atom. The van der Waals surface area contributed by atoms with Crippen molar-refractivity contribution >= 4 is 40.9 Å². The molecule has 1 aromatic heterocycles. The van der Waals surface area contributed by atoms with Gasteiger partial charge in [0.1, 0.15) is 6.33 Å². The third-order valence-corrected chi connectivity index (χ3v) is 5.22. The summed E-state index contributed by atoms with van der Waals surface area (Å²) in [5.41, 5.74) is 1.85. The van der Waals surface area contributed by atoms with Crippen LogP contribution in [0.2, 0.25) is 10.0 Å². The predicted molar refractivity (Wildman–Crippen MR) is 105 cm³/mol. The van der Waals surface area contributed by atoms with Crippen LogP contribution in [-0.2, 0) is 11.3 Å². The third kappa shape index (κ3) is 4.78. The number of benzene rings is 2. The largest absolute Gasteiger partial charge is 0.341 e. The maximum Gasteiger partial charge on any atom is 0.233 e. The van der Waals surface area contributed by atoms with Gasteiger partial charge >= 0.3 is 0 Å². The first-order chi connectivity index (χ1) is 12.5. The highest BCUT2D eigenvalue weighted by molar-refractivity contribution is 7.99. The number of amides is 1. The lowest BCUT2D eigenvalue weighted by atomic mass is 10.2. The van der Waals surface area contributed by atoms with Crippen molar-refractivity contribution in [3.05, 3.63) is 70.5 Å². The monoisotopic (exact) mass is 406 g/mol. The van der Waals surface area contributed by atoms with Crippen LogP contribution in [-0.4, -0.2) is 38.4 Å². The molecule has 0 aliphatic rings. The Morgan fingerprint density at radius 2 is 1.92 bits per heavy atom. The van der Waals surface area contributed by atoms with Gasteiger partial charge in [0.05, 0.1) is 21.5 Å². The molecule has 0 aliphatic heterocycles. The van der Waals surface area contributed by atoms with Crippen LogP contribution in [0.4, 0.5) is 0 Å². The minimum atomic E-state index is -0.0165. The summed E-state index contributed by atoms with van der Waals surface area (Å²) in [6.45, 7) is 0.460. The highest BCUT2D eigenvalue weighted by atomic mass is 35.5. The molecule has 0 N–H and O–H groups in total. The minimum Gasteiger partial charge on any atom is -0.341 e. The van der Waals surface area contributed by atoms with Crippen LogP contribution < -0.4 is 0 Å². The molecule has 3 rings (SSSR count). The van der Waals surface area contributed by atoms with Crippen molar-refractivity contribution in [1.82, 2.24) is 19.7 Å². The second kappa shape index (κ2) is 8.58. The number of aromatic nitrogens is 3. The molecule has 134 valence electrons. The Morgan fingerprint density at radius 3 is 2.65 bits per heavy atom. The highest BCUT2D eigenvalue weighted by Crippen LogP contribution is 2.23. The van der Waals surface area contributed by atoms with Gasteiger partial charge in [-0.1, -0.05) is 59.2 Å². The summed E-state index contributed by atoms with van der Waals surface area (Å²) in [6.07, 6.45) is 1.64. The SMILES string of the molecule is CN(Cc1ccc(Cl)c(Cl)c1)C(=O)CSc1ncn(-c2ccccc2)n1. The third-order valence-electron chi connectivity index (χ3n) is 3.65. The molecule has 0 radical (unpaired) electrons. The van der Waals surface area contributed by atoms with Gasteiger partial charge in [-0.3, -0.25) is 4.79 Å². The fourth-order valence-corrected chi connectivity index (χ4v) is 3.32. The van der Waals surface area contributed by atoms with Crippen LogP contribution in [0.5, 0.6) is 0 Å². The first kappa shape index (κ1) is 18.8. The molecule has 26 heavy (non-hydrogen) atoms. The lowest BCUT2D eigenvalue weighted by molar-refractivity contribution is -0.127. The van der Waals surface area contributed by atoms with Crippen molar-refractivity contribution in [1.29, 1.82) is 0 Å². The van der Waals surface area contributed by atoms with Gasteiger partial charge in [-0.15, -0.1) is 5.10 Å². The molecule has 3 aromatic rings. The molecule has 5 nitrogen and oxygen atoms in total. The number of halogens is 2. The van der Waals surface area contributed by atoms with Gasteiger partial charge in [-0.25, -0.2) is 9.67 Å². The zero-order valence-electron chi connectivity index (χ0n) is 14.0. The van der Waals surface area contributed by atoms with E-state index < -0.39 is 0 Å². The molecule has 0 bridgehead atoms. The van der Waals surface area contributed by atoms with E-state index in [1.165, 1.54) is 11.8 Å². The number of rotatable bonds is 6. The summed E-state index contributed by atoms with van der Waals surface area (Å²) in [4.78, 5) is 18.2. The Balaban J connectivity index is 1.55. The maximum atomic E-state index is 12.3. The van der Waals surface area contributed by atoms with Crippen molar-refractivity contribution < 1.29 is 4.79 Å². The summed E-state index contributed by atoms with van der Waals surface area (Å²) in [5, 5.41) is 5.92. The molecule has 0 atom stereocenters. The van der Waals surface area contributed by atoms with Gasteiger partial charge < -0.3 is 4.90 Å². The van der Waals surface area contributed by atoms with Gasteiger partial charge in [0.15, 0.2) is 0 Å². The van der Waals surface area contributed by atoms with Crippen LogP contribution in [0, 0.1) is 0 Å². The van der Waals surface area contributed by atoms with Crippen molar-refractivity contribution in [2.24, 2.45) is 0 Å². The molecule has 2 aromatic carbocycles. The Hall–Kier alpha value is -2.02.